The van der Waals surface area contributed by atoms with Gasteiger partial charge in [0.2, 0.25) is 0 Å². The van der Waals surface area contributed by atoms with Gasteiger partial charge in [-0.05, 0) is 58.0 Å². The Morgan fingerprint density at radius 2 is 1.85 bits per heavy atom. The van der Waals surface area contributed by atoms with Gasteiger partial charge in [0.05, 0.1) is 16.6 Å². The second-order valence-electron chi connectivity index (χ2n) is 7.18. The average molecular weight is 529 g/mol. The van der Waals surface area contributed by atoms with Gasteiger partial charge in [0.1, 0.15) is 0 Å². The predicted molar refractivity (Wildman–Crippen MR) is 120 cm³/mol. The number of aromatic amines is 1. The van der Waals surface area contributed by atoms with Gasteiger partial charge >= 0.3 is 6.18 Å². The van der Waals surface area contributed by atoms with Crippen LogP contribution in [0.5, 0.6) is 0 Å². The number of rotatable bonds is 4. The molecule has 0 saturated heterocycles. The number of halogens is 4. The number of hydrogen-bond donors (Lipinski definition) is 2. The smallest absolute Gasteiger partial charge is 0.355 e. The molecule has 2 aromatic heterocycles. The van der Waals surface area contributed by atoms with Crippen molar-refractivity contribution in [1.82, 2.24) is 25.8 Å². The highest BCUT2D eigenvalue weighted by molar-refractivity contribution is 9.10. The Morgan fingerprint density at radius 3 is 2.62 bits per heavy atom. The van der Waals surface area contributed by atoms with E-state index in [2.05, 4.69) is 47.0 Å². The number of nitrogens with one attached hydrogen (secondary N) is 2. The Morgan fingerprint density at radius 1 is 1.03 bits per heavy atom. The number of tetrazole rings is 1. The summed E-state index contributed by atoms with van der Waals surface area (Å²) in [6.45, 7) is 0. The molecule has 3 aromatic carbocycles. The number of alkyl halides is 3. The molecular weight excluding hydrogens is 517 g/mol. The molecular formula is C22H12BrF3N6O2. The molecule has 2 heterocycles. The zero-order chi connectivity index (χ0) is 23.9. The van der Waals surface area contributed by atoms with Crippen LogP contribution in [0.2, 0.25) is 0 Å². The largest absolute Gasteiger partial charge is 0.417 e. The number of H-pyrrole nitrogens is 1. The van der Waals surface area contributed by atoms with Gasteiger partial charge in [0.15, 0.2) is 17.1 Å². The number of amides is 1. The summed E-state index contributed by atoms with van der Waals surface area (Å²) in [5.74, 6) is -0.288. The third-order valence-corrected chi connectivity index (χ3v) is 5.55. The highest BCUT2D eigenvalue weighted by Crippen LogP contribution is 2.38. The number of nitrogens with zero attached hydrogens (tertiary/aromatic N) is 4. The fraction of sp³-hybridized carbons (Fsp3) is 0.0455. The second kappa shape index (κ2) is 8.37. The van der Waals surface area contributed by atoms with E-state index >= 15 is 0 Å². The lowest BCUT2D eigenvalue weighted by atomic mass is 9.98. The molecule has 0 unspecified atom stereocenters. The lowest BCUT2D eigenvalue weighted by molar-refractivity contribution is -0.137. The molecule has 170 valence electrons. The minimum atomic E-state index is -4.53. The number of carbonyl (C=O) groups is 1. The standard InChI is InChI=1S/C22H12BrF3N6O2/c23-12-6-7-17(14(10-12)20-28-31-32-29-20)27-21(33)19-15-9-11(5-8-18(15)34-30-19)13-3-1-2-4-16(13)22(24,25)26/h1-10H,(H,27,33)(H,28,29,31,32). The molecule has 0 spiro atoms. The van der Waals surface area contributed by atoms with Crippen LogP contribution in [0.25, 0.3) is 33.5 Å². The molecule has 34 heavy (non-hydrogen) atoms. The average Bonchev–Trinajstić information content (AvgIpc) is 3.49. The molecule has 12 heteroatoms. The van der Waals surface area contributed by atoms with Crippen LogP contribution < -0.4 is 5.32 Å². The van der Waals surface area contributed by atoms with E-state index in [1.54, 1.807) is 18.2 Å². The van der Waals surface area contributed by atoms with Crippen LogP contribution in [0.4, 0.5) is 18.9 Å². The summed E-state index contributed by atoms with van der Waals surface area (Å²) < 4.78 is 46.5. The second-order valence-corrected chi connectivity index (χ2v) is 8.10. The minimum absolute atomic E-state index is 0.0162. The predicted octanol–water partition coefficient (Wildman–Crippen LogP) is 5.71. The highest BCUT2D eigenvalue weighted by atomic mass is 79.9. The van der Waals surface area contributed by atoms with Crippen LogP contribution >= 0.6 is 15.9 Å². The van der Waals surface area contributed by atoms with Crippen molar-refractivity contribution in [3.63, 3.8) is 0 Å². The zero-order valence-electron chi connectivity index (χ0n) is 16.9. The topological polar surface area (TPSA) is 110 Å². The molecule has 0 aliphatic heterocycles. The van der Waals surface area contributed by atoms with E-state index in [-0.39, 0.29) is 27.8 Å². The first-order valence-electron chi connectivity index (χ1n) is 9.72. The Balaban J connectivity index is 1.54. The maximum atomic E-state index is 13.5. The van der Waals surface area contributed by atoms with Crippen molar-refractivity contribution in [2.24, 2.45) is 0 Å². The van der Waals surface area contributed by atoms with Gasteiger partial charge < -0.3 is 9.84 Å². The first-order valence-corrected chi connectivity index (χ1v) is 10.5. The van der Waals surface area contributed by atoms with Crippen LogP contribution in [0, 0.1) is 0 Å². The molecule has 5 rings (SSSR count). The molecule has 0 aliphatic carbocycles. The van der Waals surface area contributed by atoms with Crippen molar-refractivity contribution in [1.29, 1.82) is 0 Å². The summed E-state index contributed by atoms with van der Waals surface area (Å²) in [4.78, 5) is 13.1. The normalized spacial score (nSPS) is 11.6. The third-order valence-electron chi connectivity index (χ3n) is 5.06. The van der Waals surface area contributed by atoms with Crippen LogP contribution in [-0.2, 0) is 6.18 Å². The van der Waals surface area contributed by atoms with Crippen LogP contribution in [-0.4, -0.2) is 31.7 Å². The Kier molecular flexibility index (Phi) is 5.36. The van der Waals surface area contributed by atoms with Crippen LogP contribution in [0.1, 0.15) is 16.1 Å². The Bertz CT molecular complexity index is 1520. The fourth-order valence-electron chi connectivity index (χ4n) is 3.53. The summed E-state index contributed by atoms with van der Waals surface area (Å²) in [6, 6.07) is 14.7. The first-order chi connectivity index (χ1) is 16.3. The van der Waals surface area contributed by atoms with Gasteiger partial charge in [0.25, 0.3) is 5.91 Å². The van der Waals surface area contributed by atoms with Crippen molar-refractivity contribution in [3.05, 3.63) is 76.4 Å². The lowest BCUT2D eigenvalue weighted by Gasteiger charge is -2.12. The molecule has 0 atom stereocenters. The lowest BCUT2D eigenvalue weighted by Crippen LogP contribution is -2.13. The van der Waals surface area contributed by atoms with Crippen molar-refractivity contribution >= 4 is 38.5 Å². The highest BCUT2D eigenvalue weighted by Gasteiger charge is 2.33. The number of carbonyl (C=O) groups excluding carboxylic acids is 1. The van der Waals surface area contributed by atoms with Crippen LogP contribution in [0.15, 0.2) is 69.7 Å². The number of anilines is 1. The van der Waals surface area contributed by atoms with E-state index in [1.165, 1.54) is 36.4 Å². The zero-order valence-corrected chi connectivity index (χ0v) is 18.5. The molecule has 0 saturated carbocycles. The number of fused-ring (bicyclic) bond motifs is 1. The van der Waals surface area contributed by atoms with E-state index in [0.717, 1.165) is 10.5 Å². The maximum absolute atomic E-state index is 13.5. The molecule has 0 fully saturated rings. The summed E-state index contributed by atoms with van der Waals surface area (Å²) >= 11 is 3.37. The number of benzene rings is 3. The van der Waals surface area contributed by atoms with Gasteiger partial charge in [-0.1, -0.05) is 45.4 Å². The van der Waals surface area contributed by atoms with Gasteiger partial charge in [0, 0.05) is 10.0 Å². The fourth-order valence-corrected chi connectivity index (χ4v) is 3.89. The van der Waals surface area contributed by atoms with E-state index in [0.29, 0.717) is 17.1 Å². The van der Waals surface area contributed by atoms with Crippen molar-refractivity contribution < 1.29 is 22.5 Å². The molecule has 0 aliphatic rings. The summed E-state index contributed by atoms with van der Waals surface area (Å²) in [7, 11) is 0. The van der Waals surface area contributed by atoms with E-state index in [4.69, 9.17) is 4.52 Å². The monoisotopic (exact) mass is 528 g/mol. The Hall–Kier alpha value is -4.06. The molecule has 5 aromatic rings. The quantitative estimate of drug-likeness (QED) is 0.309. The summed E-state index contributed by atoms with van der Waals surface area (Å²) in [5, 5.41) is 20.4. The molecule has 0 bridgehead atoms. The third kappa shape index (κ3) is 4.03. The van der Waals surface area contributed by atoms with Gasteiger partial charge in [-0.25, -0.2) is 5.10 Å². The molecule has 0 radical (unpaired) electrons. The minimum Gasteiger partial charge on any atom is -0.355 e. The Labute approximate surface area is 197 Å². The summed E-state index contributed by atoms with van der Waals surface area (Å²) in [5.41, 5.74) is 0.561. The molecule has 8 nitrogen and oxygen atoms in total. The molecule has 1 amide bonds. The summed E-state index contributed by atoms with van der Waals surface area (Å²) in [6.07, 6.45) is -4.53. The number of aromatic nitrogens is 5. The van der Waals surface area contributed by atoms with E-state index < -0.39 is 17.6 Å². The van der Waals surface area contributed by atoms with Crippen molar-refractivity contribution in [2.45, 2.75) is 6.18 Å². The number of hydrogen-bond acceptors (Lipinski definition) is 6. The van der Waals surface area contributed by atoms with Gasteiger partial charge in [-0.2, -0.15) is 13.2 Å². The van der Waals surface area contributed by atoms with E-state index in [9.17, 15) is 18.0 Å². The van der Waals surface area contributed by atoms with Gasteiger partial charge in [-0.3, -0.25) is 4.79 Å². The van der Waals surface area contributed by atoms with Crippen LogP contribution in [0.3, 0.4) is 0 Å². The first kappa shape index (κ1) is 21.8. The van der Waals surface area contributed by atoms with Crippen molar-refractivity contribution in [3.8, 4) is 22.5 Å². The van der Waals surface area contributed by atoms with E-state index in [1.807, 2.05) is 0 Å². The van der Waals surface area contributed by atoms with Crippen molar-refractivity contribution in [2.75, 3.05) is 5.32 Å². The molecule has 2 N–H and O–H groups in total. The maximum Gasteiger partial charge on any atom is 0.417 e. The van der Waals surface area contributed by atoms with Gasteiger partial charge in [-0.15, -0.1) is 5.10 Å². The SMILES string of the molecule is O=C(Nc1ccc(Br)cc1-c1nnn[nH]1)c1noc2ccc(-c3ccccc3C(F)(F)F)cc12.